The highest BCUT2D eigenvalue weighted by Gasteiger charge is 2.28. The van der Waals surface area contributed by atoms with Crippen LogP contribution in [-0.4, -0.2) is 36.2 Å². The van der Waals surface area contributed by atoms with Gasteiger partial charge in [0.25, 0.3) is 0 Å². The van der Waals surface area contributed by atoms with Crippen molar-refractivity contribution in [3.05, 3.63) is 80.3 Å². The summed E-state index contributed by atoms with van der Waals surface area (Å²) in [5.74, 6) is 0.655. The minimum atomic E-state index is -0.569. The number of fused-ring (bicyclic) bond motifs is 1. The fourth-order valence-electron chi connectivity index (χ4n) is 4.66. The minimum Gasteiger partial charge on any atom is -0.495 e. The van der Waals surface area contributed by atoms with Crippen LogP contribution in [0, 0.1) is 0 Å². The van der Waals surface area contributed by atoms with Crippen LogP contribution in [0.3, 0.4) is 0 Å². The first-order valence-electron chi connectivity index (χ1n) is 11.2. The maximum Gasteiger partial charge on any atom is 0.138 e. The SMILES string of the molecule is CCC(C(O)c1ccc2c(Cl)c(OC)ccc2c1)N1CCC(=Cc2ccc(Cl)c(Cl)c2)CC1. The molecule has 33 heavy (non-hydrogen) atoms. The van der Waals surface area contributed by atoms with Gasteiger partial charge < -0.3 is 9.84 Å². The molecule has 1 saturated heterocycles. The van der Waals surface area contributed by atoms with E-state index in [0.717, 1.165) is 54.3 Å². The Morgan fingerprint density at radius 2 is 1.76 bits per heavy atom. The summed E-state index contributed by atoms with van der Waals surface area (Å²) >= 11 is 18.6. The molecule has 1 aliphatic heterocycles. The van der Waals surface area contributed by atoms with Crippen LogP contribution in [0.5, 0.6) is 5.75 Å². The second kappa shape index (κ2) is 10.7. The average Bonchev–Trinajstić information content (AvgIpc) is 2.83. The van der Waals surface area contributed by atoms with E-state index in [-0.39, 0.29) is 6.04 Å². The van der Waals surface area contributed by atoms with Gasteiger partial charge in [-0.3, -0.25) is 4.90 Å². The van der Waals surface area contributed by atoms with E-state index in [9.17, 15) is 5.11 Å². The van der Waals surface area contributed by atoms with Gasteiger partial charge in [-0.15, -0.1) is 0 Å². The van der Waals surface area contributed by atoms with Crippen LogP contribution in [0.1, 0.15) is 43.4 Å². The van der Waals surface area contributed by atoms with Crippen molar-refractivity contribution in [3.63, 3.8) is 0 Å². The molecule has 6 heteroatoms. The van der Waals surface area contributed by atoms with Crippen LogP contribution in [0.2, 0.25) is 15.1 Å². The Balaban J connectivity index is 1.47. The molecule has 1 heterocycles. The van der Waals surface area contributed by atoms with Crippen molar-refractivity contribution >= 4 is 51.7 Å². The molecule has 3 aromatic rings. The molecular weight excluding hydrogens is 477 g/mol. The molecule has 1 fully saturated rings. The monoisotopic (exact) mass is 503 g/mol. The molecule has 0 spiro atoms. The summed E-state index contributed by atoms with van der Waals surface area (Å²) in [5, 5.41) is 14.9. The molecule has 0 aliphatic carbocycles. The van der Waals surface area contributed by atoms with Gasteiger partial charge in [0.05, 0.1) is 28.3 Å². The third-order valence-electron chi connectivity index (χ3n) is 6.51. The molecule has 4 rings (SSSR count). The number of piperidine rings is 1. The van der Waals surface area contributed by atoms with Crippen molar-refractivity contribution in [1.29, 1.82) is 0 Å². The predicted molar refractivity (Wildman–Crippen MR) is 140 cm³/mol. The largest absolute Gasteiger partial charge is 0.495 e. The number of aliphatic hydroxyl groups is 1. The smallest absolute Gasteiger partial charge is 0.138 e. The summed E-state index contributed by atoms with van der Waals surface area (Å²) in [6.07, 6.45) is 4.45. The molecule has 1 aliphatic rings. The Kier molecular flexibility index (Phi) is 7.88. The highest BCUT2D eigenvalue weighted by molar-refractivity contribution is 6.42. The van der Waals surface area contributed by atoms with Gasteiger partial charge in [-0.05, 0) is 60.0 Å². The maximum absolute atomic E-state index is 11.3. The lowest BCUT2D eigenvalue weighted by molar-refractivity contribution is 0.0413. The zero-order valence-corrected chi connectivity index (χ0v) is 21.1. The first kappa shape index (κ1) is 24.4. The number of benzene rings is 3. The zero-order valence-electron chi connectivity index (χ0n) is 18.8. The fraction of sp³-hybridized carbons (Fsp3) is 0.333. The highest BCUT2D eigenvalue weighted by Crippen LogP contribution is 2.35. The van der Waals surface area contributed by atoms with E-state index in [1.54, 1.807) is 7.11 Å². The van der Waals surface area contributed by atoms with E-state index in [0.29, 0.717) is 20.8 Å². The Morgan fingerprint density at radius 3 is 2.42 bits per heavy atom. The Morgan fingerprint density at radius 1 is 1.00 bits per heavy atom. The molecule has 1 N–H and O–H groups in total. The summed E-state index contributed by atoms with van der Waals surface area (Å²) in [6, 6.07) is 15.6. The molecule has 2 unspecified atom stereocenters. The number of hydrogen-bond donors (Lipinski definition) is 1. The van der Waals surface area contributed by atoms with E-state index < -0.39 is 6.10 Å². The van der Waals surface area contributed by atoms with Crippen LogP contribution in [0.4, 0.5) is 0 Å². The number of halogens is 3. The number of ether oxygens (including phenoxy) is 1. The van der Waals surface area contributed by atoms with Crippen LogP contribution in [0.15, 0.2) is 54.1 Å². The molecule has 174 valence electrons. The summed E-state index contributed by atoms with van der Waals surface area (Å²) in [4.78, 5) is 2.40. The quantitative estimate of drug-likeness (QED) is 0.372. The molecule has 0 amide bonds. The summed E-state index contributed by atoms with van der Waals surface area (Å²) < 4.78 is 5.32. The van der Waals surface area contributed by atoms with Crippen molar-refractivity contribution in [3.8, 4) is 5.75 Å². The van der Waals surface area contributed by atoms with Crippen LogP contribution in [0.25, 0.3) is 16.8 Å². The third kappa shape index (κ3) is 5.34. The second-order valence-corrected chi connectivity index (χ2v) is 9.69. The molecule has 0 bridgehead atoms. The van der Waals surface area contributed by atoms with Crippen molar-refractivity contribution in [2.75, 3.05) is 20.2 Å². The lowest BCUT2D eigenvalue weighted by Crippen LogP contribution is -2.42. The Hall–Kier alpha value is -1.75. The molecular formula is C27H28Cl3NO2. The maximum atomic E-state index is 11.3. The average molecular weight is 505 g/mol. The highest BCUT2D eigenvalue weighted by atomic mass is 35.5. The number of methoxy groups -OCH3 is 1. The first-order chi connectivity index (χ1) is 15.9. The van der Waals surface area contributed by atoms with Crippen molar-refractivity contribution in [2.24, 2.45) is 0 Å². The van der Waals surface area contributed by atoms with Gasteiger partial charge in [-0.2, -0.15) is 0 Å². The number of likely N-dealkylation sites (tertiary alicyclic amines) is 1. The van der Waals surface area contributed by atoms with Gasteiger partial charge >= 0.3 is 0 Å². The van der Waals surface area contributed by atoms with Gasteiger partial charge in [0.1, 0.15) is 5.75 Å². The van der Waals surface area contributed by atoms with Gasteiger partial charge in [0, 0.05) is 24.5 Å². The van der Waals surface area contributed by atoms with E-state index in [4.69, 9.17) is 39.5 Å². The standard InChI is InChI=1S/C27H28Cl3NO2/c1-3-24(27(32)20-5-7-21-19(16-20)6-9-25(33-2)26(21)30)31-12-10-17(11-13-31)14-18-4-8-22(28)23(29)15-18/h4-9,14-16,24,27,32H,3,10-13H2,1-2H3. The van der Waals surface area contributed by atoms with E-state index in [1.165, 1.54) is 5.57 Å². The van der Waals surface area contributed by atoms with Gasteiger partial charge in [-0.1, -0.05) is 77.6 Å². The fourth-order valence-corrected chi connectivity index (χ4v) is 5.28. The Labute approximate surface area is 210 Å². The van der Waals surface area contributed by atoms with Crippen LogP contribution < -0.4 is 4.74 Å². The number of aliphatic hydroxyl groups excluding tert-OH is 1. The van der Waals surface area contributed by atoms with E-state index in [2.05, 4.69) is 17.9 Å². The number of rotatable bonds is 6. The second-order valence-electron chi connectivity index (χ2n) is 8.49. The lowest BCUT2D eigenvalue weighted by Gasteiger charge is -2.38. The molecule has 2 atom stereocenters. The normalized spacial score (nSPS) is 16.6. The van der Waals surface area contributed by atoms with Gasteiger partial charge in [-0.25, -0.2) is 0 Å². The van der Waals surface area contributed by atoms with Crippen molar-refractivity contribution < 1.29 is 9.84 Å². The summed E-state index contributed by atoms with van der Waals surface area (Å²) in [7, 11) is 1.61. The number of nitrogens with zero attached hydrogens (tertiary/aromatic N) is 1. The molecule has 3 aromatic carbocycles. The summed E-state index contributed by atoms with van der Waals surface area (Å²) in [6.45, 7) is 3.97. The predicted octanol–water partition coefficient (Wildman–Crippen LogP) is 7.80. The molecule has 0 aromatic heterocycles. The van der Waals surface area contributed by atoms with E-state index in [1.807, 2.05) is 48.5 Å². The van der Waals surface area contributed by atoms with Gasteiger partial charge in [0.15, 0.2) is 0 Å². The first-order valence-corrected chi connectivity index (χ1v) is 12.4. The van der Waals surface area contributed by atoms with E-state index >= 15 is 0 Å². The minimum absolute atomic E-state index is 0.0581. The molecule has 3 nitrogen and oxygen atoms in total. The van der Waals surface area contributed by atoms with Crippen molar-refractivity contribution in [2.45, 2.75) is 38.3 Å². The summed E-state index contributed by atoms with van der Waals surface area (Å²) in [5.41, 5.74) is 3.38. The lowest BCUT2D eigenvalue weighted by atomic mass is 9.93. The molecule has 0 radical (unpaired) electrons. The van der Waals surface area contributed by atoms with Crippen molar-refractivity contribution in [1.82, 2.24) is 4.90 Å². The zero-order chi connectivity index (χ0) is 23.5. The topological polar surface area (TPSA) is 32.7 Å². The van der Waals surface area contributed by atoms with Gasteiger partial charge in [0.2, 0.25) is 0 Å². The van der Waals surface area contributed by atoms with Crippen LogP contribution in [-0.2, 0) is 0 Å². The Bertz CT molecular complexity index is 1170. The number of hydrogen-bond acceptors (Lipinski definition) is 3. The molecule has 0 saturated carbocycles. The van der Waals surface area contributed by atoms with Crippen LogP contribution >= 0.6 is 34.8 Å². The third-order valence-corrected chi connectivity index (χ3v) is 7.64.